The number of rotatable bonds is 6. The Hall–Kier alpha value is -3.62. The zero-order chi connectivity index (χ0) is 18.4. The van der Waals surface area contributed by atoms with E-state index in [0.717, 1.165) is 18.3 Å². The highest BCUT2D eigenvalue weighted by atomic mass is 16.6. The first-order valence-corrected chi connectivity index (χ1v) is 6.99. The van der Waals surface area contributed by atoms with E-state index in [0.29, 0.717) is 11.5 Å². The number of amides is 1. The molecule has 0 bridgehead atoms. The minimum Gasteiger partial charge on any atom is -0.507 e. The highest BCUT2D eigenvalue weighted by molar-refractivity contribution is 5.95. The normalized spacial score (nSPS) is 10.5. The summed E-state index contributed by atoms with van der Waals surface area (Å²) in [5, 5.41) is 24.1. The van der Waals surface area contributed by atoms with Gasteiger partial charge in [0, 0.05) is 23.3 Å². The Morgan fingerprint density at radius 3 is 2.56 bits per heavy atom. The number of aromatic hydroxyl groups is 1. The Balaban J connectivity index is 2.13. The quantitative estimate of drug-likeness (QED) is 0.469. The van der Waals surface area contributed by atoms with Crippen LogP contribution in [0, 0.1) is 10.1 Å². The van der Waals surface area contributed by atoms with Gasteiger partial charge in [-0.2, -0.15) is 5.10 Å². The van der Waals surface area contributed by atoms with Crippen LogP contribution in [0.1, 0.15) is 15.9 Å². The molecule has 9 heteroatoms. The molecule has 0 heterocycles. The number of phenols is 1. The van der Waals surface area contributed by atoms with Crippen molar-refractivity contribution in [2.75, 3.05) is 14.2 Å². The van der Waals surface area contributed by atoms with Crippen molar-refractivity contribution in [2.45, 2.75) is 0 Å². The largest absolute Gasteiger partial charge is 0.507 e. The third kappa shape index (κ3) is 4.22. The monoisotopic (exact) mass is 345 g/mol. The highest BCUT2D eigenvalue weighted by Crippen LogP contribution is 2.27. The van der Waals surface area contributed by atoms with Crippen LogP contribution in [0.5, 0.6) is 17.2 Å². The molecule has 0 saturated heterocycles. The van der Waals surface area contributed by atoms with E-state index in [-0.39, 0.29) is 22.6 Å². The molecular formula is C16H15N3O6. The summed E-state index contributed by atoms with van der Waals surface area (Å²) in [5.74, 6) is 0.136. The smallest absolute Gasteiger partial charge is 0.271 e. The molecule has 0 fully saturated rings. The average Bonchev–Trinajstić information content (AvgIpc) is 2.62. The maximum absolute atomic E-state index is 12.1. The minimum atomic E-state index is -0.598. The fourth-order valence-electron chi connectivity index (χ4n) is 1.96. The van der Waals surface area contributed by atoms with Gasteiger partial charge in [-0.05, 0) is 24.3 Å². The van der Waals surface area contributed by atoms with Crippen molar-refractivity contribution in [2.24, 2.45) is 5.10 Å². The SMILES string of the molecule is COc1ccc(C(=O)N/N=C\c2cc([N+](=O)[O-])ccc2O)cc1OC. The van der Waals surface area contributed by atoms with Gasteiger partial charge >= 0.3 is 0 Å². The third-order valence-electron chi connectivity index (χ3n) is 3.24. The number of methoxy groups -OCH3 is 2. The molecule has 2 aromatic carbocycles. The van der Waals surface area contributed by atoms with Crippen molar-refractivity contribution >= 4 is 17.8 Å². The molecule has 1 amide bonds. The van der Waals surface area contributed by atoms with Crippen LogP contribution in [0.4, 0.5) is 5.69 Å². The average molecular weight is 345 g/mol. The van der Waals surface area contributed by atoms with Crippen LogP contribution in [0.15, 0.2) is 41.5 Å². The molecule has 0 saturated carbocycles. The zero-order valence-electron chi connectivity index (χ0n) is 13.4. The number of non-ortho nitro benzene ring substituents is 1. The van der Waals surface area contributed by atoms with Crippen LogP contribution in [0.2, 0.25) is 0 Å². The van der Waals surface area contributed by atoms with Crippen molar-refractivity contribution in [3.8, 4) is 17.2 Å². The molecule has 0 aromatic heterocycles. The molecule has 0 aliphatic rings. The number of nitrogens with zero attached hydrogens (tertiary/aromatic N) is 2. The Kier molecular flexibility index (Phi) is 5.51. The van der Waals surface area contributed by atoms with E-state index >= 15 is 0 Å². The number of nitro benzene ring substituents is 1. The highest BCUT2D eigenvalue weighted by Gasteiger charge is 2.11. The predicted octanol–water partition coefficient (Wildman–Crippen LogP) is 2.08. The van der Waals surface area contributed by atoms with Gasteiger partial charge in [0.15, 0.2) is 11.5 Å². The van der Waals surface area contributed by atoms with Crippen LogP contribution in [0.25, 0.3) is 0 Å². The molecule has 0 aliphatic heterocycles. The number of hydrogen-bond donors (Lipinski definition) is 2. The van der Waals surface area contributed by atoms with E-state index in [1.807, 2.05) is 0 Å². The predicted molar refractivity (Wildman–Crippen MR) is 89.4 cm³/mol. The van der Waals surface area contributed by atoms with E-state index in [9.17, 15) is 20.0 Å². The second-order valence-electron chi connectivity index (χ2n) is 4.77. The van der Waals surface area contributed by atoms with Gasteiger partial charge in [0.2, 0.25) is 0 Å². The second-order valence-corrected chi connectivity index (χ2v) is 4.77. The van der Waals surface area contributed by atoms with Crippen molar-refractivity contribution < 1.29 is 24.3 Å². The summed E-state index contributed by atoms with van der Waals surface area (Å²) in [6.45, 7) is 0. The summed E-state index contributed by atoms with van der Waals surface area (Å²) in [6, 6.07) is 8.06. The molecule has 2 aromatic rings. The van der Waals surface area contributed by atoms with E-state index in [2.05, 4.69) is 10.5 Å². The van der Waals surface area contributed by atoms with E-state index in [1.165, 1.54) is 32.4 Å². The van der Waals surface area contributed by atoms with Crippen molar-refractivity contribution in [1.29, 1.82) is 0 Å². The molecule has 2 rings (SSSR count). The molecule has 0 spiro atoms. The lowest BCUT2D eigenvalue weighted by atomic mass is 10.2. The first kappa shape index (κ1) is 17.7. The van der Waals surface area contributed by atoms with Crippen molar-refractivity contribution in [3.05, 3.63) is 57.6 Å². The molecule has 9 nitrogen and oxygen atoms in total. The molecule has 0 unspecified atom stereocenters. The van der Waals surface area contributed by atoms with Crippen LogP contribution in [-0.2, 0) is 0 Å². The van der Waals surface area contributed by atoms with Crippen LogP contribution in [-0.4, -0.2) is 36.4 Å². The van der Waals surface area contributed by atoms with Gasteiger partial charge in [-0.15, -0.1) is 0 Å². The summed E-state index contributed by atoms with van der Waals surface area (Å²) >= 11 is 0. The van der Waals surface area contributed by atoms with Gasteiger partial charge in [-0.3, -0.25) is 14.9 Å². The van der Waals surface area contributed by atoms with Gasteiger partial charge in [0.1, 0.15) is 5.75 Å². The van der Waals surface area contributed by atoms with Gasteiger partial charge in [0.05, 0.1) is 25.4 Å². The lowest BCUT2D eigenvalue weighted by molar-refractivity contribution is -0.384. The fraction of sp³-hybridized carbons (Fsp3) is 0.125. The summed E-state index contributed by atoms with van der Waals surface area (Å²) in [4.78, 5) is 22.2. The Morgan fingerprint density at radius 1 is 1.20 bits per heavy atom. The Labute approximate surface area is 142 Å². The molecule has 0 radical (unpaired) electrons. The third-order valence-corrected chi connectivity index (χ3v) is 3.24. The second kappa shape index (κ2) is 7.77. The molecular weight excluding hydrogens is 330 g/mol. The molecule has 0 aliphatic carbocycles. The van der Waals surface area contributed by atoms with E-state index in [1.54, 1.807) is 6.07 Å². The summed E-state index contributed by atoms with van der Waals surface area (Å²) < 4.78 is 10.2. The number of nitro groups is 1. The minimum absolute atomic E-state index is 0.0989. The zero-order valence-corrected chi connectivity index (χ0v) is 13.4. The Morgan fingerprint density at radius 2 is 1.92 bits per heavy atom. The van der Waals surface area contributed by atoms with Crippen molar-refractivity contribution in [3.63, 3.8) is 0 Å². The first-order chi connectivity index (χ1) is 12.0. The van der Waals surface area contributed by atoms with E-state index in [4.69, 9.17) is 9.47 Å². The summed E-state index contributed by atoms with van der Waals surface area (Å²) in [5.41, 5.74) is 2.44. The van der Waals surface area contributed by atoms with Gasteiger partial charge in [-0.1, -0.05) is 0 Å². The lowest BCUT2D eigenvalue weighted by Gasteiger charge is -2.08. The van der Waals surface area contributed by atoms with Crippen LogP contribution < -0.4 is 14.9 Å². The fourth-order valence-corrected chi connectivity index (χ4v) is 1.96. The van der Waals surface area contributed by atoms with Gasteiger partial charge < -0.3 is 14.6 Å². The molecule has 130 valence electrons. The van der Waals surface area contributed by atoms with Crippen LogP contribution in [0.3, 0.4) is 0 Å². The van der Waals surface area contributed by atoms with Crippen molar-refractivity contribution in [1.82, 2.24) is 5.43 Å². The standard InChI is InChI=1S/C16H15N3O6/c1-24-14-6-3-10(8-15(14)25-2)16(21)18-17-9-11-7-12(19(22)23)4-5-13(11)20/h3-9,20H,1-2H3,(H,18,21)/b17-9-. The summed E-state index contributed by atoms with van der Waals surface area (Å²) in [6.07, 6.45) is 1.11. The number of nitrogens with one attached hydrogen (secondary N) is 1. The number of benzene rings is 2. The number of carbonyl (C=O) groups is 1. The van der Waals surface area contributed by atoms with Crippen LogP contribution >= 0.6 is 0 Å². The van der Waals surface area contributed by atoms with E-state index < -0.39 is 10.8 Å². The number of phenolic OH excluding ortho intramolecular Hbond substituents is 1. The summed E-state index contributed by atoms with van der Waals surface area (Å²) in [7, 11) is 2.93. The number of carbonyl (C=O) groups excluding carboxylic acids is 1. The maximum atomic E-state index is 12.1. The number of ether oxygens (including phenoxy) is 2. The maximum Gasteiger partial charge on any atom is 0.271 e. The van der Waals surface area contributed by atoms with Gasteiger partial charge in [0.25, 0.3) is 11.6 Å². The molecule has 2 N–H and O–H groups in total. The lowest BCUT2D eigenvalue weighted by Crippen LogP contribution is -2.17. The topological polar surface area (TPSA) is 123 Å². The van der Waals surface area contributed by atoms with Gasteiger partial charge in [-0.25, -0.2) is 5.43 Å². The molecule has 25 heavy (non-hydrogen) atoms. The Bertz CT molecular complexity index is 835. The molecule has 0 atom stereocenters. The number of hydrogen-bond acceptors (Lipinski definition) is 7. The number of hydrazone groups is 1. The first-order valence-electron chi connectivity index (χ1n) is 6.99.